The number of benzene rings is 4. The van der Waals surface area contributed by atoms with Crippen LogP contribution in [0.3, 0.4) is 0 Å². The normalized spacial score (nSPS) is 11.2. The quantitative estimate of drug-likeness (QED) is 0.168. The van der Waals surface area contributed by atoms with Gasteiger partial charge in [-0.15, -0.1) is 0 Å². The van der Waals surface area contributed by atoms with Crippen molar-refractivity contribution < 1.29 is 27.1 Å². The maximum atomic E-state index is 13.4. The molecule has 216 valence electrons. The molecule has 2 N–H and O–H groups in total. The van der Waals surface area contributed by atoms with Gasteiger partial charge in [-0.05, 0) is 84.4 Å². The van der Waals surface area contributed by atoms with E-state index in [1.807, 2.05) is 0 Å². The van der Waals surface area contributed by atoms with Crippen LogP contribution in [0.1, 0.15) is 5.56 Å². The first-order chi connectivity index (χ1) is 20.1. The molecule has 0 heterocycles. The summed E-state index contributed by atoms with van der Waals surface area (Å²) in [6.45, 7) is -0.871. The molecule has 0 aliphatic carbocycles. The van der Waals surface area contributed by atoms with Gasteiger partial charge in [0.15, 0.2) is 6.61 Å². The van der Waals surface area contributed by atoms with Crippen LogP contribution in [0.2, 0.25) is 10.0 Å². The average Bonchev–Trinajstić information content (AvgIpc) is 2.97. The Kier molecular flexibility index (Phi) is 10.1. The van der Waals surface area contributed by atoms with E-state index >= 15 is 0 Å². The summed E-state index contributed by atoms with van der Waals surface area (Å²) in [5.41, 5.74) is 3.42. The smallest absolute Gasteiger partial charge is 0.264 e. The lowest BCUT2D eigenvalue weighted by Gasteiger charge is -2.24. The molecule has 0 aliphatic heterocycles. The summed E-state index contributed by atoms with van der Waals surface area (Å²) < 4.78 is 46.1. The van der Waals surface area contributed by atoms with E-state index in [4.69, 9.17) is 27.9 Å². The number of nitrogens with one attached hydrogen (secondary N) is 2. The number of halogens is 3. The van der Waals surface area contributed by atoms with Crippen LogP contribution in [0.5, 0.6) is 5.75 Å². The van der Waals surface area contributed by atoms with Gasteiger partial charge in [0.25, 0.3) is 21.8 Å². The molecule has 0 unspecified atom stereocenters. The first-order valence-corrected chi connectivity index (χ1v) is 14.4. The molecular formula is C29H23Cl2FN4O5S. The largest absolute Gasteiger partial charge is 0.484 e. The third kappa shape index (κ3) is 8.29. The standard InChI is InChI=1S/C29H23Cl2FN4O5S/c30-21-8-15-27(26(31)16-21)36(42(39,40)25-4-2-1-3-5-25)18-28(37)35-33-17-20-6-13-24(14-7-20)41-19-29(38)34-23-11-9-22(32)10-12-23/h1-17H,18-19H2,(H,34,38)(H,35,37)/b33-17+. The van der Waals surface area contributed by atoms with Crippen molar-refractivity contribution in [3.8, 4) is 5.75 Å². The summed E-state index contributed by atoms with van der Waals surface area (Å²) in [4.78, 5) is 24.8. The van der Waals surface area contributed by atoms with Crippen LogP contribution in [0.4, 0.5) is 15.8 Å². The molecule has 0 saturated carbocycles. The molecule has 0 radical (unpaired) electrons. The van der Waals surface area contributed by atoms with Crippen molar-refractivity contribution in [1.82, 2.24) is 5.43 Å². The number of carbonyl (C=O) groups excluding carboxylic acids is 2. The third-order valence-corrected chi connectivity index (χ3v) is 7.89. The van der Waals surface area contributed by atoms with Gasteiger partial charge < -0.3 is 10.1 Å². The Hall–Kier alpha value is -4.45. The molecule has 9 nitrogen and oxygen atoms in total. The fourth-order valence-corrected chi connectivity index (χ4v) is 5.60. The zero-order chi connectivity index (χ0) is 30.1. The maximum Gasteiger partial charge on any atom is 0.264 e. The summed E-state index contributed by atoms with van der Waals surface area (Å²) >= 11 is 12.3. The van der Waals surface area contributed by atoms with Crippen molar-refractivity contribution in [1.29, 1.82) is 0 Å². The molecule has 4 aromatic rings. The van der Waals surface area contributed by atoms with Gasteiger partial charge in [0.05, 0.1) is 21.8 Å². The van der Waals surface area contributed by atoms with Crippen LogP contribution < -0.4 is 19.8 Å². The van der Waals surface area contributed by atoms with Crippen molar-refractivity contribution in [3.05, 3.63) is 118 Å². The van der Waals surface area contributed by atoms with E-state index in [0.717, 1.165) is 4.31 Å². The van der Waals surface area contributed by atoms with E-state index < -0.39 is 34.2 Å². The van der Waals surface area contributed by atoms with Crippen molar-refractivity contribution in [2.45, 2.75) is 4.90 Å². The minimum atomic E-state index is -4.16. The zero-order valence-electron chi connectivity index (χ0n) is 21.7. The third-order valence-electron chi connectivity index (χ3n) is 5.58. The molecule has 13 heteroatoms. The first-order valence-electron chi connectivity index (χ1n) is 12.2. The topological polar surface area (TPSA) is 117 Å². The van der Waals surface area contributed by atoms with Gasteiger partial charge in [-0.25, -0.2) is 18.2 Å². The van der Waals surface area contributed by atoms with Crippen LogP contribution in [0.25, 0.3) is 0 Å². The van der Waals surface area contributed by atoms with Crippen LogP contribution in [0, 0.1) is 5.82 Å². The van der Waals surface area contributed by atoms with Crippen molar-refractivity contribution in [2.24, 2.45) is 5.10 Å². The van der Waals surface area contributed by atoms with Crippen molar-refractivity contribution in [2.75, 3.05) is 22.8 Å². The molecule has 0 bridgehead atoms. The molecule has 4 rings (SSSR count). The summed E-state index contributed by atoms with van der Waals surface area (Å²) in [7, 11) is -4.16. The second kappa shape index (κ2) is 13.9. The average molecular weight is 629 g/mol. The number of carbonyl (C=O) groups is 2. The molecule has 0 spiro atoms. The molecule has 0 atom stereocenters. The Labute approximate surface area is 251 Å². The van der Waals surface area contributed by atoms with Gasteiger partial charge in [0.2, 0.25) is 0 Å². The van der Waals surface area contributed by atoms with Crippen LogP contribution in [-0.4, -0.2) is 39.6 Å². The van der Waals surface area contributed by atoms with Gasteiger partial charge in [-0.1, -0.05) is 41.4 Å². The highest BCUT2D eigenvalue weighted by atomic mass is 35.5. The molecular weight excluding hydrogens is 606 g/mol. The van der Waals surface area contributed by atoms with Crippen LogP contribution >= 0.6 is 23.2 Å². The Morgan fingerprint density at radius 2 is 1.60 bits per heavy atom. The van der Waals surface area contributed by atoms with Crippen molar-refractivity contribution >= 4 is 62.6 Å². The molecule has 0 fully saturated rings. The number of hydrogen-bond acceptors (Lipinski definition) is 6. The van der Waals surface area contributed by atoms with Gasteiger partial charge >= 0.3 is 0 Å². The lowest BCUT2D eigenvalue weighted by Crippen LogP contribution is -2.39. The Morgan fingerprint density at radius 3 is 2.26 bits per heavy atom. The number of hydrogen-bond donors (Lipinski definition) is 2. The van der Waals surface area contributed by atoms with E-state index in [1.165, 1.54) is 60.8 Å². The highest BCUT2D eigenvalue weighted by Crippen LogP contribution is 2.32. The summed E-state index contributed by atoms with van der Waals surface area (Å²) in [5, 5.41) is 6.85. The summed E-state index contributed by atoms with van der Waals surface area (Å²) in [6, 6.07) is 23.7. The summed E-state index contributed by atoms with van der Waals surface area (Å²) in [6.07, 6.45) is 1.36. The van der Waals surface area contributed by atoms with E-state index in [2.05, 4.69) is 15.8 Å². The van der Waals surface area contributed by atoms with E-state index in [0.29, 0.717) is 22.0 Å². The Bertz CT molecular complexity index is 1690. The zero-order valence-corrected chi connectivity index (χ0v) is 24.0. The lowest BCUT2D eigenvalue weighted by molar-refractivity contribution is -0.119. The first kappa shape index (κ1) is 30.5. The fraction of sp³-hybridized carbons (Fsp3) is 0.0690. The van der Waals surface area contributed by atoms with Gasteiger partial charge in [-0.3, -0.25) is 13.9 Å². The second-order valence-corrected chi connectivity index (χ2v) is 11.3. The molecule has 0 aliphatic rings. The van der Waals surface area contributed by atoms with E-state index in [-0.39, 0.29) is 22.2 Å². The molecule has 0 aromatic heterocycles. The van der Waals surface area contributed by atoms with Gasteiger partial charge in [0.1, 0.15) is 18.1 Å². The number of nitrogens with zero attached hydrogens (tertiary/aromatic N) is 2. The fourth-order valence-electron chi connectivity index (χ4n) is 3.58. The van der Waals surface area contributed by atoms with Crippen LogP contribution in [0.15, 0.2) is 107 Å². The highest BCUT2D eigenvalue weighted by Gasteiger charge is 2.28. The minimum Gasteiger partial charge on any atom is -0.484 e. The lowest BCUT2D eigenvalue weighted by atomic mass is 10.2. The second-order valence-electron chi connectivity index (χ2n) is 8.63. The molecule has 0 saturated heterocycles. The Balaban J connectivity index is 1.36. The predicted octanol–water partition coefficient (Wildman–Crippen LogP) is 5.50. The minimum absolute atomic E-state index is 0.0254. The number of sulfonamides is 1. The number of rotatable bonds is 11. The molecule has 2 amide bonds. The van der Waals surface area contributed by atoms with Gasteiger partial charge in [0, 0.05) is 10.7 Å². The summed E-state index contributed by atoms with van der Waals surface area (Å²) in [5.74, 6) is -1.14. The Morgan fingerprint density at radius 1 is 0.905 bits per heavy atom. The predicted molar refractivity (Wildman–Crippen MR) is 160 cm³/mol. The SMILES string of the molecule is O=C(CN(c1ccc(Cl)cc1Cl)S(=O)(=O)c1ccccc1)N/N=C/c1ccc(OCC(=O)Nc2ccc(F)cc2)cc1. The highest BCUT2D eigenvalue weighted by molar-refractivity contribution is 7.92. The molecule has 4 aromatic carbocycles. The van der Waals surface area contributed by atoms with E-state index in [1.54, 1.807) is 42.5 Å². The number of amides is 2. The van der Waals surface area contributed by atoms with Crippen molar-refractivity contribution in [3.63, 3.8) is 0 Å². The molecule has 42 heavy (non-hydrogen) atoms. The van der Waals surface area contributed by atoms with Crippen LogP contribution in [-0.2, 0) is 19.6 Å². The maximum absolute atomic E-state index is 13.4. The monoisotopic (exact) mass is 628 g/mol. The number of hydrazone groups is 1. The number of ether oxygens (including phenoxy) is 1. The van der Waals surface area contributed by atoms with E-state index in [9.17, 15) is 22.4 Å². The number of anilines is 2. The van der Waals surface area contributed by atoms with Gasteiger partial charge in [-0.2, -0.15) is 5.10 Å².